The second-order valence-corrected chi connectivity index (χ2v) is 7.76. The van der Waals surface area contributed by atoms with Gasteiger partial charge in [0.15, 0.2) is 0 Å². The number of likely N-dealkylation sites (tertiary alicyclic amines) is 1. The number of nitrogens with two attached hydrogens (primary N) is 1. The van der Waals surface area contributed by atoms with Crippen LogP contribution in [0.5, 0.6) is 0 Å². The van der Waals surface area contributed by atoms with E-state index in [9.17, 15) is 9.59 Å². The molecule has 7 nitrogen and oxygen atoms in total. The Morgan fingerprint density at radius 2 is 1.86 bits per heavy atom. The minimum Gasteiger partial charge on any atom is -0.352 e. The number of para-hydroxylation sites is 1. The monoisotopic (exact) mass is 393 g/mol. The number of benzene rings is 2. The van der Waals surface area contributed by atoms with Crippen LogP contribution in [0.15, 0.2) is 48.5 Å². The number of nitrogens with one attached hydrogen (secondary N) is 2. The quantitative estimate of drug-likeness (QED) is 0.702. The number of hydrogen-bond acceptors (Lipinski definition) is 4. The Hall–Kier alpha value is -3.06. The second kappa shape index (κ2) is 8.53. The van der Waals surface area contributed by atoms with Crippen LogP contribution in [0.25, 0.3) is 0 Å². The fourth-order valence-corrected chi connectivity index (χ4v) is 4.20. The summed E-state index contributed by atoms with van der Waals surface area (Å²) >= 11 is 0. The van der Waals surface area contributed by atoms with E-state index < -0.39 is 6.03 Å². The van der Waals surface area contributed by atoms with Gasteiger partial charge in [-0.25, -0.2) is 4.79 Å². The molecule has 0 bridgehead atoms. The molecule has 2 aromatic carbocycles. The Labute approximate surface area is 170 Å². The van der Waals surface area contributed by atoms with Crippen molar-refractivity contribution < 1.29 is 9.59 Å². The topological polar surface area (TPSA) is 90.7 Å². The van der Waals surface area contributed by atoms with Gasteiger partial charge >= 0.3 is 6.03 Å². The molecule has 0 aromatic heterocycles. The van der Waals surface area contributed by atoms with Gasteiger partial charge in [0.05, 0.1) is 6.54 Å². The smallest absolute Gasteiger partial charge is 0.312 e. The van der Waals surface area contributed by atoms with Gasteiger partial charge in [-0.05, 0) is 61.2 Å². The molecule has 1 atom stereocenters. The summed E-state index contributed by atoms with van der Waals surface area (Å²) in [7, 11) is 0. The maximum Gasteiger partial charge on any atom is 0.312 e. The molecular formula is C22H27N5O2. The largest absolute Gasteiger partial charge is 0.352 e. The minimum absolute atomic E-state index is 0.0206. The molecule has 2 aromatic rings. The highest BCUT2D eigenvalue weighted by molar-refractivity contribution is 5.92. The van der Waals surface area contributed by atoms with Crippen LogP contribution in [-0.4, -0.2) is 49.6 Å². The first kappa shape index (κ1) is 19.3. The molecule has 4 rings (SSSR count). The molecule has 0 saturated carbocycles. The molecule has 2 aliphatic rings. The molecule has 4 N–H and O–H groups in total. The van der Waals surface area contributed by atoms with E-state index in [4.69, 9.17) is 5.73 Å². The lowest BCUT2D eigenvalue weighted by Gasteiger charge is -2.20. The molecule has 1 saturated heterocycles. The average Bonchev–Trinajstić information content (AvgIpc) is 3.34. The van der Waals surface area contributed by atoms with Crippen LogP contribution in [0.3, 0.4) is 0 Å². The van der Waals surface area contributed by atoms with Gasteiger partial charge in [0, 0.05) is 36.7 Å². The summed E-state index contributed by atoms with van der Waals surface area (Å²) in [5.74, 6) is 0.325. The number of anilines is 3. The zero-order valence-electron chi connectivity index (χ0n) is 16.4. The van der Waals surface area contributed by atoms with E-state index in [0.29, 0.717) is 19.0 Å². The third kappa shape index (κ3) is 4.68. The first-order chi connectivity index (χ1) is 14.1. The van der Waals surface area contributed by atoms with Crippen LogP contribution in [0.2, 0.25) is 0 Å². The van der Waals surface area contributed by atoms with Gasteiger partial charge in [-0.1, -0.05) is 18.2 Å². The Morgan fingerprint density at radius 3 is 2.66 bits per heavy atom. The van der Waals surface area contributed by atoms with Crippen molar-refractivity contribution in [1.82, 2.24) is 10.2 Å². The standard InChI is InChI=1S/C22H27N5O2/c23-22(29)24-13-16-9-11-26(14-16)15-21(28)25-18-5-7-19(8-6-18)27-12-10-17-3-1-2-4-20(17)27/h1-8,16H,9-15H2,(H,25,28)(H3,23,24,29). The number of urea groups is 1. The van der Waals surface area contributed by atoms with E-state index in [0.717, 1.165) is 43.9 Å². The van der Waals surface area contributed by atoms with Crippen LogP contribution in [-0.2, 0) is 11.2 Å². The fraction of sp³-hybridized carbons (Fsp3) is 0.364. The van der Waals surface area contributed by atoms with E-state index in [2.05, 4.69) is 56.8 Å². The van der Waals surface area contributed by atoms with E-state index in [1.165, 1.54) is 11.3 Å². The molecule has 152 valence electrons. The number of fused-ring (bicyclic) bond motifs is 1. The van der Waals surface area contributed by atoms with Crippen molar-refractivity contribution in [3.05, 3.63) is 54.1 Å². The van der Waals surface area contributed by atoms with Gasteiger partial charge in [0.25, 0.3) is 0 Å². The number of rotatable bonds is 6. The molecule has 0 radical (unpaired) electrons. The second-order valence-electron chi connectivity index (χ2n) is 7.76. The van der Waals surface area contributed by atoms with Crippen molar-refractivity contribution >= 4 is 29.0 Å². The van der Waals surface area contributed by atoms with Gasteiger partial charge in [0.2, 0.25) is 5.91 Å². The Morgan fingerprint density at radius 1 is 1.07 bits per heavy atom. The SMILES string of the molecule is NC(=O)NCC1CCN(CC(=O)Nc2ccc(N3CCc4ccccc43)cc2)C1. The van der Waals surface area contributed by atoms with E-state index in [1.54, 1.807) is 0 Å². The van der Waals surface area contributed by atoms with Crippen LogP contribution in [0, 0.1) is 5.92 Å². The Balaban J connectivity index is 1.28. The lowest BCUT2D eigenvalue weighted by Crippen LogP contribution is -2.36. The average molecular weight is 393 g/mol. The molecule has 0 spiro atoms. The molecule has 7 heteroatoms. The van der Waals surface area contributed by atoms with Crippen molar-refractivity contribution in [3.8, 4) is 0 Å². The first-order valence-electron chi connectivity index (χ1n) is 10.1. The first-order valence-corrected chi connectivity index (χ1v) is 10.1. The molecule has 1 unspecified atom stereocenters. The van der Waals surface area contributed by atoms with E-state index in [-0.39, 0.29) is 5.91 Å². The van der Waals surface area contributed by atoms with Crippen molar-refractivity contribution in [2.24, 2.45) is 11.7 Å². The summed E-state index contributed by atoms with van der Waals surface area (Å²) in [5, 5.41) is 5.63. The molecule has 2 heterocycles. The summed E-state index contributed by atoms with van der Waals surface area (Å²) in [6.45, 7) is 3.54. The fourth-order valence-electron chi connectivity index (χ4n) is 4.20. The van der Waals surface area contributed by atoms with E-state index >= 15 is 0 Å². The van der Waals surface area contributed by atoms with Gasteiger partial charge < -0.3 is 21.3 Å². The van der Waals surface area contributed by atoms with Crippen molar-refractivity contribution in [3.63, 3.8) is 0 Å². The molecule has 1 fully saturated rings. The maximum absolute atomic E-state index is 12.4. The minimum atomic E-state index is -0.498. The van der Waals surface area contributed by atoms with Gasteiger partial charge in [0.1, 0.15) is 0 Å². The Bertz CT molecular complexity index is 883. The molecule has 0 aliphatic carbocycles. The van der Waals surface area contributed by atoms with Crippen LogP contribution in [0.1, 0.15) is 12.0 Å². The molecule has 29 heavy (non-hydrogen) atoms. The van der Waals surface area contributed by atoms with Gasteiger partial charge in [-0.2, -0.15) is 0 Å². The summed E-state index contributed by atoms with van der Waals surface area (Å²) in [6, 6.07) is 16.0. The summed E-state index contributed by atoms with van der Waals surface area (Å²) in [5.41, 5.74) is 9.69. The molecular weight excluding hydrogens is 366 g/mol. The highest BCUT2D eigenvalue weighted by atomic mass is 16.2. The zero-order valence-corrected chi connectivity index (χ0v) is 16.4. The summed E-state index contributed by atoms with van der Waals surface area (Å²) < 4.78 is 0. The van der Waals surface area contributed by atoms with Crippen LogP contribution >= 0.6 is 0 Å². The number of hydrogen-bond donors (Lipinski definition) is 3. The van der Waals surface area contributed by atoms with Crippen molar-refractivity contribution in [2.45, 2.75) is 12.8 Å². The summed E-state index contributed by atoms with van der Waals surface area (Å²) in [6.07, 6.45) is 2.01. The van der Waals surface area contributed by atoms with Gasteiger partial charge in [-0.3, -0.25) is 9.69 Å². The van der Waals surface area contributed by atoms with E-state index in [1.807, 2.05) is 12.1 Å². The third-order valence-corrected chi connectivity index (χ3v) is 5.65. The Kier molecular flexibility index (Phi) is 5.67. The highest BCUT2D eigenvalue weighted by Gasteiger charge is 2.24. The van der Waals surface area contributed by atoms with Crippen molar-refractivity contribution in [2.75, 3.05) is 42.9 Å². The lowest BCUT2D eigenvalue weighted by molar-refractivity contribution is -0.117. The number of carbonyl (C=O) groups excluding carboxylic acids is 2. The zero-order chi connectivity index (χ0) is 20.2. The predicted octanol–water partition coefficient (Wildman–Crippen LogP) is 2.31. The number of primary amides is 1. The highest BCUT2D eigenvalue weighted by Crippen LogP contribution is 2.34. The lowest BCUT2D eigenvalue weighted by atomic mass is 10.1. The predicted molar refractivity (Wildman–Crippen MR) is 114 cm³/mol. The van der Waals surface area contributed by atoms with Crippen molar-refractivity contribution in [1.29, 1.82) is 0 Å². The van der Waals surface area contributed by atoms with Crippen LogP contribution < -0.4 is 21.3 Å². The third-order valence-electron chi connectivity index (χ3n) is 5.65. The molecule has 2 aliphatic heterocycles. The number of carbonyl (C=O) groups is 2. The van der Waals surface area contributed by atoms with Crippen LogP contribution in [0.4, 0.5) is 21.9 Å². The van der Waals surface area contributed by atoms with Gasteiger partial charge in [-0.15, -0.1) is 0 Å². The number of nitrogens with zero attached hydrogens (tertiary/aromatic N) is 2. The maximum atomic E-state index is 12.4. The number of amides is 3. The summed E-state index contributed by atoms with van der Waals surface area (Å²) in [4.78, 5) is 27.6. The normalized spacial score (nSPS) is 18.5. The molecule has 3 amide bonds.